The van der Waals surface area contributed by atoms with Crippen molar-refractivity contribution < 1.29 is 4.74 Å². The monoisotopic (exact) mass is 346 g/mol. The highest BCUT2D eigenvalue weighted by Gasteiger charge is 2.59. The van der Waals surface area contributed by atoms with Gasteiger partial charge in [0, 0.05) is 21.9 Å². The number of ether oxygens (including phenoxy) is 1. The third-order valence-corrected chi connectivity index (χ3v) is 6.31. The second-order valence-corrected chi connectivity index (χ2v) is 7.86. The minimum Gasteiger partial charge on any atom is -0.356 e. The molecule has 4 fully saturated rings. The summed E-state index contributed by atoms with van der Waals surface area (Å²) >= 11 is 3.75. The fourth-order valence-corrected chi connectivity index (χ4v) is 4.97. The number of hydrogen-bond donors (Lipinski definition) is 0. The minimum absolute atomic E-state index is 0.122. The van der Waals surface area contributed by atoms with E-state index in [1.807, 2.05) is 0 Å². The summed E-state index contributed by atoms with van der Waals surface area (Å²) < 4.78 is 9.33. The Morgan fingerprint density at radius 3 is 2.76 bits per heavy atom. The molecule has 1 saturated heterocycles. The molecule has 2 bridgehead atoms. The molecule has 2 heterocycles. The summed E-state index contributed by atoms with van der Waals surface area (Å²) in [5.41, 5.74) is 2.94. The van der Waals surface area contributed by atoms with Gasteiger partial charge in [-0.1, -0.05) is 22.0 Å². The molecule has 1 aromatic carbocycles. The van der Waals surface area contributed by atoms with Crippen LogP contribution in [0.4, 0.5) is 0 Å². The van der Waals surface area contributed by atoms with E-state index in [1.54, 1.807) is 0 Å². The highest BCUT2D eigenvalue weighted by Crippen LogP contribution is 2.66. The maximum atomic E-state index is 5.99. The molecule has 110 valence electrons. The van der Waals surface area contributed by atoms with Gasteiger partial charge in [-0.05, 0) is 56.6 Å². The van der Waals surface area contributed by atoms with Crippen molar-refractivity contribution in [2.24, 2.45) is 5.92 Å². The zero-order valence-corrected chi connectivity index (χ0v) is 13.6. The Bertz CT molecular complexity index is 700. The summed E-state index contributed by atoms with van der Waals surface area (Å²) in [5, 5.41) is 6.39. The number of rotatable bonds is 2. The quantitative estimate of drug-likeness (QED) is 0.797. The van der Waals surface area contributed by atoms with Crippen molar-refractivity contribution in [1.82, 2.24) is 9.78 Å². The van der Waals surface area contributed by atoms with Crippen LogP contribution in [0.3, 0.4) is 0 Å². The van der Waals surface area contributed by atoms with Crippen LogP contribution in [0.5, 0.6) is 0 Å². The van der Waals surface area contributed by atoms with Gasteiger partial charge < -0.3 is 4.74 Å². The molecule has 3 aliphatic carbocycles. The Balaban J connectivity index is 1.69. The van der Waals surface area contributed by atoms with Gasteiger partial charge in [0.05, 0.1) is 11.2 Å². The second-order valence-electron chi connectivity index (χ2n) is 7.01. The van der Waals surface area contributed by atoms with Crippen LogP contribution in [0.15, 0.2) is 22.7 Å². The number of nitrogens with zero attached hydrogens (tertiary/aromatic N) is 2. The Labute approximate surface area is 132 Å². The molecular formula is C17H19BrN2O. The molecule has 1 aromatic heterocycles. The van der Waals surface area contributed by atoms with Gasteiger partial charge in [-0.3, -0.25) is 0 Å². The Morgan fingerprint density at radius 2 is 2.10 bits per heavy atom. The van der Waals surface area contributed by atoms with Gasteiger partial charge in [0.25, 0.3) is 0 Å². The molecule has 0 N–H and O–H groups in total. The Hall–Kier alpha value is -0.870. The summed E-state index contributed by atoms with van der Waals surface area (Å²) in [7, 11) is 0. The average molecular weight is 347 g/mol. The summed E-state index contributed by atoms with van der Waals surface area (Å²) in [4.78, 5) is 0. The van der Waals surface area contributed by atoms with Gasteiger partial charge >= 0.3 is 0 Å². The highest BCUT2D eigenvalue weighted by atomic mass is 79.9. The van der Waals surface area contributed by atoms with E-state index in [2.05, 4.69) is 38.8 Å². The topological polar surface area (TPSA) is 27.1 Å². The molecule has 1 atom stereocenters. The molecule has 6 rings (SSSR count). The largest absolute Gasteiger partial charge is 0.356 e. The first-order chi connectivity index (χ1) is 10.3. The molecule has 2 aromatic rings. The van der Waals surface area contributed by atoms with Crippen LogP contribution in [0.1, 0.15) is 50.4 Å². The van der Waals surface area contributed by atoms with Crippen molar-refractivity contribution >= 4 is 26.8 Å². The van der Waals surface area contributed by atoms with Crippen molar-refractivity contribution in [3.05, 3.63) is 28.4 Å². The third-order valence-electron chi connectivity index (χ3n) is 5.65. The number of hydrogen-bond acceptors (Lipinski definition) is 2. The molecule has 0 radical (unpaired) electrons. The van der Waals surface area contributed by atoms with E-state index in [1.165, 1.54) is 53.2 Å². The van der Waals surface area contributed by atoms with Crippen LogP contribution in [0.2, 0.25) is 0 Å². The maximum absolute atomic E-state index is 5.99. The predicted molar refractivity (Wildman–Crippen MR) is 85.3 cm³/mol. The van der Waals surface area contributed by atoms with Crippen LogP contribution in [0, 0.1) is 5.92 Å². The molecule has 21 heavy (non-hydrogen) atoms. The minimum atomic E-state index is 0.122. The lowest BCUT2D eigenvalue weighted by Crippen LogP contribution is -2.55. The molecule has 4 heteroatoms. The number of benzene rings is 1. The van der Waals surface area contributed by atoms with Crippen molar-refractivity contribution in [2.75, 3.05) is 6.61 Å². The van der Waals surface area contributed by atoms with Crippen LogP contribution >= 0.6 is 15.9 Å². The van der Waals surface area contributed by atoms with E-state index >= 15 is 0 Å². The summed E-state index contributed by atoms with van der Waals surface area (Å²) in [6.45, 7) is 0.864. The van der Waals surface area contributed by atoms with Gasteiger partial charge in [-0.15, -0.1) is 0 Å². The van der Waals surface area contributed by atoms with Gasteiger partial charge in [0.15, 0.2) is 6.23 Å². The van der Waals surface area contributed by atoms with Crippen LogP contribution < -0.4 is 0 Å². The van der Waals surface area contributed by atoms with Crippen molar-refractivity contribution in [2.45, 2.75) is 50.2 Å². The normalized spacial score (nSPS) is 34.5. The van der Waals surface area contributed by atoms with E-state index in [-0.39, 0.29) is 6.23 Å². The van der Waals surface area contributed by atoms with Crippen molar-refractivity contribution in [1.29, 1.82) is 0 Å². The first-order valence-corrected chi connectivity index (χ1v) is 8.85. The van der Waals surface area contributed by atoms with E-state index in [4.69, 9.17) is 9.84 Å². The van der Waals surface area contributed by atoms with E-state index in [9.17, 15) is 0 Å². The Kier molecular flexibility index (Phi) is 2.61. The molecule has 4 aliphatic rings. The van der Waals surface area contributed by atoms with Gasteiger partial charge in [0.2, 0.25) is 0 Å². The summed E-state index contributed by atoms with van der Waals surface area (Å²) in [6, 6.07) is 6.45. The van der Waals surface area contributed by atoms with Crippen LogP contribution in [-0.4, -0.2) is 16.4 Å². The van der Waals surface area contributed by atoms with Crippen molar-refractivity contribution in [3.63, 3.8) is 0 Å². The molecule has 3 saturated carbocycles. The average Bonchev–Trinajstić information content (AvgIpc) is 2.78. The van der Waals surface area contributed by atoms with Gasteiger partial charge in [-0.25, -0.2) is 4.68 Å². The lowest BCUT2D eigenvalue weighted by molar-refractivity contribution is -0.0452. The van der Waals surface area contributed by atoms with E-state index in [0.717, 1.165) is 18.9 Å². The smallest absolute Gasteiger partial charge is 0.150 e. The second kappa shape index (κ2) is 4.32. The van der Waals surface area contributed by atoms with Crippen LogP contribution in [0.25, 0.3) is 10.9 Å². The summed E-state index contributed by atoms with van der Waals surface area (Å²) in [5.74, 6) is 0.971. The number of aromatic nitrogens is 2. The molecule has 1 unspecified atom stereocenters. The zero-order chi connectivity index (χ0) is 14.0. The molecule has 0 amide bonds. The molecule has 1 aliphatic heterocycles. The first kappa shape index (κ1) is 12.7. The number of halogens is 1. The van der Waals surface area contributed by atoms with Crippen molar-refractivity contribution in [3.8, 4) is 0 Å². The molecule has 3 nitrogen and oxygen atoms in total. The first-order valence-electron chi connectivity index (χ1n) is 8.06. The fourth-order valence-electron chi connectivity index (χ4n) is 4.43. The highest BCUT2D eigenvalue weighted by molar-refractivity contribution is 9.10. The molecule has 0 spiro atoms. The third kappa shape index (κ3) is 1.66. The SMILES string of the molecule is Brc1cccc2c1c(C13CC(C1)C3)nn2C1CCCCO1. The van der Waals surface area contributed by atoms with Gasteiger partial charge in [0.1, 0.15) is 0 Å². The zero-order valence-electron chi connectivity index (χ0n) is 12.0. The maximum Gasteiger partial charge on any atom is 0.150 e. The van der Waals surface area contributed by atoms with Crippen LogP contribution in [-0.2, 0) is 10.2 Å². The Morgan fingerprint density at radius 1 is 1.24 bits per heavy atom. The van der Waals surface area contributed by atoms with E-state index in [0.29, 0.717) is 5.41 Å². The molecular weight excluding hydrogens is 328 g/mol. The summed E-state index contributed by atoms with van der Waals surface area (Å²) in [6.07, 6.45) is 7.64. The van der Waals surface area contributed by atoms with E-state index < -0.39 is 0 Å². The fraction of sp³-hybridized carbons (Fsp3) is 0.588. The standard InChI is InChI=1S/C17H19BrN2O/c18-12-4-3-5-13-15(12)16(17-8-11(9-17)10-17)19-20(13)14-6-1-2-7-21-14/h3-5,11,14H,1-2,6-10H2. The number of fused-ring (bicyclic) bond motifs is 1. The lowest BCUT2D eigenvalue weighted by atomic mass is 9.43. The lowest BCUT2D eigenvalue weighted by Gasteiger charge is -2.61. The van der Waals surface area contributed by atoms with Gasteiger partial charge in [-0.2, -0.15) is 5.10 Å². The predicted octanol–water partition coefficient (Wildman–Crippen LogP) is 4.55.